The van der Waals surface area contributed by atoms with Crippen molar-refractivity contribution in [2.24, 2.45) is 52.3 Å². The summed E-state index contributed by atoms with van der Waals surface area (Å²) in [7, 11) is 0. The van der Waals surface area contributed by atoms with Crippen molar-refractivity contribution >= 4 is 5.97 Å². The molecule has 32 atom stereocenters. The highest BCUT2D eigenvalue weighted by Crippen LogP contribution is 2.71. The highest BCUT2D eigenvalue weighted by molar-refractivity contribution is 5.66. The van der Waals surface area contributed by atoms with Crippen LogP contribution in [0.25, 0.3) is 0 Å². The molecule has 6 heterocycles. The molecule has 0 unspecified atom stereocenters. The van der Waals surface area contributed by atoms with Gasteiger partial charge in [-0.15, -0.1) is 0 Å². The second-order valence-electron chi connectivity index (χ2n) is 24.7. The maximum absolute atomic E-state index is 12.3. The van der Waals surface area contributed by atoms with Gasteiger partial charge in [0.15, 0.2) is 30.9 Å². The van der Waals surface area contributed by atoms with Gasteiger partial charge in [-0.2, -0.15) is 0 Å². The number of fused-ring (bicyclic) bond motifs is 7. The van der Waals surface area contributed by atoms with Crippen molar-refractivity contribution in [2.45, 2.75) is 233 Å². The van der Waals surface area contributed by atoms with E-state index in [2.05, 4.69) is 33.0 Å². The SMILES string of the molecule is CC(=O)O[C@H]1C[C@@H](C)CN[C@@]12O[C@H]1C[C@H]3[C@@H]4CC[C@H]5C[C@@H](O[C@@H]6O[C@H](CO)[C@H](O[C@@H]7O[C@H](CO)[C@@H](O)[C@H](O[C@@H]8OC[C@@H](O)[C@H](O)[C@H]8O)[C@H]7O[C@@H]7O[C@H](CO)[C@@H](O)[C@H](O)[C@H]7O)[C@H](O)[C@H]6O)CC[C@]5(C)[C@H]4CC[C@]3(C)[C@H]1[C@@H]2C. The Kier molecular flexibility index (Phi) is 17.0. The lowest BCUT2D eigenvalue weighted by Crippen LogP contribution is -2.68. The maximum Gasteiger partial charge on any atom is 0.303 e. The molecule has 10 rings (SSSR count). The molecular weight excluding hydrogens is 1010 g/mol. The average molecular weight is 1090 g/mol. The lowest BCUT2D eigenvalue weighted by atomic mass is 9.44. The molecule has 0 aromatic rings. The Balaban J connectivity index is 0.809. The molecule has 0 radical (unpaired) electrons. The van der Waals surface area contributed by atoms with Gasteiger partial charge < -0.3 is 109 Å². The lowest BCUT2D eigenvalue weighted by Gasteiger charge is -2.61. The number of ether oxygens (including phenoxy) is 10. The van der Waals surface area contributed by atoms with E-state index in [1.165, 1.54) is 6.92 Å². The molecule has 10 aliphatic rings. The van der Waals surface area contributed by atoms with Crippen LogP contribution in [0.5, 0.6) is 0 Å². The number of rotatable bonds is 12. The van der Waals surface area contributed by atoms with Crippen LogP contribution in [-0.2, 0) is 52.2 Å². The Bertz CT molecular complexity index is 1990. The number of nitrogens with one attached hydrogen (secondary N) is 1. The summed E-state index contributed by atoms with van der Waals surface area (Å²) in [5.41, 5.74) is -0.582. The van der Waals surface area contributed by atoms with E-state index in [0.717, 1.165) is 51.5 Å². The summed E-state index contributed by atoms with van der Waals surface area (Å²) in [6.45, 7) is 8.66. The Morgan fingerprint density at radius 2 is 1.22 bits per heavy atom. The third-order valence-corrected chi connectivity index (χ3v) is 20.5. The van der Waals surface area contributed by atoms with Crippen molar-refractivity contribution in [1.82, 2.24) is 5.32 Å². The van der Waals surface area contributed by atoms with Crippen molar-refractivity contribution in [3.63, 3.8) is 0 Å². The number of carbonyl (C=O) groups excluding carboxylic acids is 1. The van der Waals surface area contributed by atoms with Crippen LogP contribution in [-0.4, -0.2) is 241 Å². The first kappa shape index (κ1) is 57.8. The molecule has 13 N–H and O–H groups in total. The predicted molar refractivity (Wildman–Crippen MR) is 255 cm³/mol. The van der Waals surface area contributed by atoms with Crippen molar-refractivity contribution < 1.29 is 113 Å². The fraction of sp³-hybridized carbons (Fsp3) is 0.981. The number of hydrogen-bond donors (Lipinski definition) is 13. The van der Waals surface area contributed by atoms with Crippen LogP contribution in [0, 0.1) is 52.3 Å². The number of aliphatic hydroxyl groups is 12. The molecule has 0 aromatic heterocycles. The molecule has 76 heavy (non-hydrogen) atoms. The first-order chi connectivity index (χ1) is 36.1. The van der Waals surface area contributed by atoms with Crippen LogP contribution in [0.15, 0.2) is 0 Å². The van der Waals surface area contributed by atoms with Gasteiger partial charge in [0.1, 0.15) is 97.7 Å². The van der Waals surface area contributed by atoms with E-state index >= 15 is 0 Å². The maximum atomic E-state index is 12.3. The monoisotopic (exact) mass is 1090 g/mol. The minimum atomic E-state index is -2.01. The van der Waals surface area contributed by atoms with Gasteiger partial charge in [0.05, 0.1) is 38.6 Å². The Hall–Kier alpha value is -1.41. The van der Waals surface area contributed by atoms with Crippen LogP contribution in [0.3, 0.4) is 0 Å². The molecule has 6 saturated heterocycles. The van der Waals surface area contributed by atoms with Crippen molar-refractivity contribution in [2.75, 3.05) is 33.0 Å². The minimum Gasteiger partial charge on any atom is -0.458 e. The van der Waals surface area contributed by atoms with Crippen LogP contribution in [0.1, 0.15) is 92.4 Å². The summed E-state index contributed by atoms with van der Waals surface area (Å²) in [5, 5.41) is 133. The first-order valence-corrected chi connectivity index (χ1v) is 27.8. The topological polar surface area (TPSA) is 364 Å². The zero-order valence-electron chi connectivity index (χ0n) is 44.0. The molecule has 0 amide bonds. The smallest absolute Gasteiger partial charge is 0.303 e. The van der Waals surface area contributed by atoms with Crippen LogP contribution in [0.2, 0.25) is 0 Å². The number of hydrogen-bond acceptors (Lipinski definition) is 24. The normalized spacial score (nSPS) is 56.3. The van der Waals surface area contributed by atoms with E-state index in [-0.39, 0.29) is 41.0 Å². The van der Waals surface area contributed by atoms with E-state index in [1.807, 2.05) is 0 Å². The second kappa shape index (κ2) is 22.4. The molecule has 10 fully saturated rings. The van der Waals surface area contributed by atoms with E-state index in [9.17, 15) is 66.1 Å². The zero-order chi connectivity index (χ0) is 54.5. The lowest BCUT2D eigenvalue weighted by molar-refractivity contribution is -0.404. The molecule has 4 saturated carbocycles. The van der Waals surface area contributed by atoms with Crippen LogP contribution >= 0.6 is 0 Å². The van der Waals surface area contributed by atoms with Gasteiger partial charge in [-0.1, -0.05) is 27.7 Å². The third kappa shape index (κ3) is 9.93. The molecule has 4 aliphatic carbocycles. The highest BCUT2D eigenvalue weighted by Gasteiger charge is 2.71. The first-order valence-electron chi connectivity index (χ1n) is 27.8. The van der Waals surface area contributed by atoms with Gasteiger partial charge in [0.25, 0.3) is 0 Å². The number of carbonyl (C=O) groups is 1. The van der Waals surface area contributed by atoms with Gasteiger partial charge in [-0.05, 0) is 104 Å². The Morgan fingerprint density at radius 3 is 1.93 bits per heavy atom. The van der Waals surface area contributed by atoms with Gasteiger partial charge in [0.2, 0.25) is 0 Å². The summed E-state index contributed by atoms with van der Waals surface area (Å²) in [4.78, 5) is 12.3. The molecule has 24 nitrogen and oxygen atoms in total. The summed E-state index contributed by atoms with van der Waals surface area (Å²) >= 11 is 0. The number of esters is 1. The summed E-state index contributed by atoms with van der Waals surface area (Å²) in [6, 6.07) is 0. The highest BCUT2D eigenvalue weighted by atomic mass is 16.8. The number of piperidine rings is 1. The standard InChI is InChI=1S/C52H85NO23/c1-20-12-33(68-22(3)57)52(53-15-20)21(2)34-29(76-52)14-27-25-7-6-23-13-24(8-10-50(23,4)26(25)9-11-51(27,34)5)69-47-42(66)39(63)43(32(18-56)72-47)73-49-45(75-48-41(65)38(62)36(60)30(16-54)70-48)44(37(61)31(17-55)71-49)74-46-40(64)35(59)28(58)19-67-46/h20-21,23-49,53-56,58-66H,6-19H2,1-5H3/t20-,21+,23+,24+,25-,26+,27+,28-,29+,30-,31-,32-,33+,34+,35+,36-,37-,38+,39-,40-,41-,42-,43+,44+,45-,46+,47-,48+,49+,50+,51+,52+/m1/s1. The second-order valence-corrected chi connectivity index (χ2v) is 24.7. The van der Waals surface area contributed by atoms with Crippen molar-refractivity contribution in [3.8, 4) is 0 Å². The minimum absolute atomic E-state index is 0.0349. The average Bonchev–Trinajstić information content (AvgIpc) is 4.05. The van der Waals surface area contributed by atoms with E-state index in [4.69, 9.17) is 47.4 Å². The quantitative estimate of drug-likeness (QED) is 0.0678. The van der Waals surface area contributed by atoms with E-state index in [0.29, 0.717) is 48.3 Å². The van der Waals surface area contributed by atoms with Gasteiger partial charge in [-0.25, -0.2) is 0 Å². The van der Waals surface area contributed by atoms with Gasteiger partial charge in [0, 0.05) is 19.4 Å². The van der Waals surface area contributed by atoms with Crippen LogP contribution < -0.4 is 5.32 Å². The fourth-order valence-corrected chi connectivity index (χ4v) is 16.5. The predicted octanol–water partition coefficient (Wildman–Crippen LogP) is -3.16. The molecule has 24 heteroatoms. The van der Waals surface area contributed by atoms with Crippen molar-refractivity contribution in [3.05, 3.63) is 0 Å². The largest absolute Gasteiger partial charge is 0.458 e. The van der Waals surface area contributed by atoms with Crippen LogP contribution in [0.4, 0.5) is 0 Å². The molecule has 0 bridgehead atoms. The van der Waals surface area contributed by atoms with E-state index in [1.54, 1.807) is 0 Å². The Labute approximate surface area is 442 Å². The van der Waals surface area contributed by atoms with E-state index < -0.39 is 149 Å². The molecular formula is C52H85NO23. The van der Waals surface area contributed by atoms with Gasteiger partial charge in [-0.3, -0.25) is 10.1 Å². The zero-order valence-corrected chi connectivity index (χ0v) is 44.0. The molecule has 0 aromatic carbocycles. The molecule has 436 valence electrons. The molecule has 6 aliphatic heterocycles. The summed E-state index contributed by atoms with van der Waals surface area (Å²) < 4.78 is 61.0. The molecule has 1 spiro atoms. The Morgan fingerprint density at radius 1 is 0.605 bits per heavy atom. The summed E-state index contributed by atoms with van der Waals surface area (Å²) in [5.74, 6) is 2.40. The van der Waals surface area contributed by atoms with Crippen molar-refractivity contribution in [1.29, 1.82) is 0 Å². The number of aliphatic hydroxyl groups excluding tert-OH is 12. The third-order valence-electron chi connectivity index (χ3n) is 20.5. The van der Waals surface area contributed by atoms with Gasteiger partial charge >= 0.3 is 5.97 Å². The summed E-state index contributed by atoms with van der Waals surface area (Å²) in [6.07, 6.45) is -25.5. The fourth-order valence-electron chi connectivity index (χ4n) is 16.5.